The number of hydrazone groups is 1. The number of carbonyl (C=O) groups excluding carboxylic acids is 1. The molecule has 0 aliphatic carbocycles. The number of aliphatic carboxylic acids is 1. The number of carboxylic acid groups (broad SMARTS) is 1. The number of carbonyl (C=O) groups is 2. The number of rotatable bonds is 5. The Labute approximate surface area is 185 Å². The third kappa shape index (κ3) is 3.71. The molecule has 8 nitrogen and oxygen atoms in total. The summed E-state index contributed by atoms with van der Waals surface area (Å²) in [5, 5.41) is 28.0. The van der Waals surface area contributed by atoms with Gasteiger partial charge in [0.2, 0.25) is 0 Å². The molecule has 4 rings (SSSR count). The highest BCUT2D eigenvalue weighted by Crippen LogP contribution is 2.47. The SMILES string of the molecule is C=C1C=NN2C(C(=O)NCC(=O)O)=C(O)c3cccc(Oc4c(C)cccc4C)c3C2C1. The first-order valence-corrected chi connectivity index (χ1v) is 10.1. The van der Waals surface area contributed by atoms with Crippen LogP contribution in [0.15, 0.2) is 59.3 Å². The van der Waals surface area contributed by atoms with Crippen LogP contribution >= 0.6 is 0 Å². The summed E-state index contributed by atoms with van der Waals surface area (Å²) in [6, 6.07) is 10.7. The minimum Gasteiger partial charge on any atom is -0.505 e. The molecular formula is C24H23N3O5. The molecule has 1 amide bonds. The molecule has 0 aromatic heterocycles. The van der Waals surface area contributed by atoms with Gasteiger partial charge >= 0.3 is 5.97 Å². The summed E-state index contributed by atoms with van der Waals surface area (Å²) in [5.74, 6) is -0.955. The fraction of sp³-hybridized carbons (Fsp3) is 0.208. The molecule has 2 aromatic carbocycles. The van der Waals surface area contributed by atoms with E-state index < -0.39 is 24.5 Å². The monoisotopic (exact) mass is 433 g/mol. The number of aliphatic hydroxyl groups is 1. The van der Waals surface area contributed by atoms with Crippen molar-refractivity contribution in [3.63, 3.8) is 0 Å². The number of aliphatic hydroxyl groups excluding tert-OH is 1. The molecular weight excluding hydrogens is 410 g/mol. The fourth-order valence-corrected chi connectivity index (χ4v) is 3.99. The molecule has 0 saturated heterocycles. The number of hydrogen-bond donors (Lipinski definition) is 3. The third-order valence-electron chi connectivity index (χ3n) is 5.46. The Kier molecular flexibility index (Phi) is 5.44. The minimum absolute atomic E-state index is 0.114. The molecule has 3 N–H and O–H groups in total. The molecule has 8 heteroatoms. The maximum absolute atomic E-state index is 12.8. The normalized spacial score (nSPS) is 17.0. The number of ether oxygens (including phenoxy) is 1. The van der Waals surface area contributed by atoms with E-state index in [1.165, 1.54) is 11.2 Å². The van der Waals surface area contributed by atoms with Crippen molar-refractivity contribution >= 4 is 23.9 Å². The number of benzene rings is 2. The van der Waals surface area contributed by atoms with E-state index in [-0.39, 0.29) is 11.5 Å². The van der Waals surface area contributed by atoms with Gasteiger partial charge in [0.15, 0.2) is 11.5 Å². The second-order valence-corrected chi connectivity index (χ2v) is 7.78. The molecule has 2 aliphatic heterocycles. The molecule has 164 valence electrons. The van der Waals surface area contributed by atoms with E-state index in [0.717, 1.165) is 22.4 Å². The number of nitrogens with zero attached hydrogens (tertiary/aromatic N) is 2. The summed E-state index contributed by atoms with van der Waals surface area (Å²) >= 11 is 0. The highest BCUT2D eigenvalue weighted by molar-refractivity contribution is 6.01. The van der Waals surface area contributed by atoms with Crippen molar-refractivity contribution < 1.29 is 24.5 Å². The Morgan fingerprint density at radius 3 is 2.59 bits per heavy atom. The van der Waals surface area contributed by atoms with E-state index in [2.05, 4.69) is 17.0 Å². The van der Waals surface area contributed by atoms with E-state index in [9.17, 15) is 14.7 Å². The summed E-state index contributed by atoms with van der Waals surface area (Å²) < 4.78 is 6.33. The van der Waals surface area contributed by atoms with Crippen LogP contribution in [0.5, 0.6) is 11.5 Å². The van der Waals surface area contributed by atoms with Crippen molar-refractivity contribution in [2.45, 2.75) is 26.3 Å². The third-order valence-corrected chi connectivity index (χ3v) is 5.46. The Morgan fingerprint density at radius 1 is 1.22 bits per heavy atom. The minimum atomic E-state index is -1.19. The van der Waals surface area contributed by atoms with Crippen LogP contribution < -0.4 is 10.1 Å². The molecule has 32 heavy (non-hydrogen) atoms. The molecule has 0 saturated carbocycles. The zero-order chi connectivity index (χ0) is 23.0. The lowest BCUT2D eigenvalue weighted by atomic mass is 9.88. The molecule has 0 fully saturated rings. The smallest absolute Gasteiger partial charge is 0.322 e. The van der Waals surface area contributed by atoms with Gasteiger partial charge in [-0.15, -0.1) is 0 Å². The van der Waals surface area contributed by atoms with Gasteiger partial charge in [-0.05, 0) is 36.6 Å². The van der Waals surface area contributed by atoms with Gasteiger partial charge in [-0.2, -0.15) is 5.10 Å². The van der Waals surface area contributed by atoms with E-state index in [0.29, 0.717) is 23.3 Å². The Bertz CT molecular complexity index is 1180. The maximum atomic E-state index is 12.8. The number of amides is 1. The van der Waals surface area contributed by atoms with Crippen molar-refractivity contribution in [1.29, 1.82) is 0 Å². The van der Waals surface area contributed by atoms with Gasteiger partial charge < -0.3 is 20.3 Å². The molecule has 0 bridgehead atoms. The summed E-state index contributed by atoms with van der Waals surface area (Å²) in [5.41, 5.74) is 3.69. The highest BCUT2D eigenvalue weighted by atomic mass is 16.5. The number of nitrogens with one attached hydrogen (secondary N) is 1. The molecule has 2 heterocycles. The lowest BCUT2D eigenvalue weighted by Gasteiger charge is -2.39. The summed E-state index contributed by atoms with van der Waals surface area (Å²) in [6.07, 6.45) is 1.97. The fourth-order valence-electron chi connectivity index (χ4n) is 3.99. The van der Waals surface area contributed by atoms with Crippen molar-refractivity contribution in [2.24, 2.45) is 5.10 Å². The Morgan fingerprint density at radius 2 is 1.91 bits per heavy atom. The number of hydrogen-bond acceptors (Lipinski definition) is 6. The van der Waals surface area contributed by atoms with E-state index in [1.54, 1.807) is 12.1 Å². The van der Waals surface area contributed by atoms with Gasteiger partial charge in [0, 0.05) is 17.5 Å². The first kappa shape index (κ1) is 21.2. The van der Waals surface area contributed by atoms with Crippen LogP contribution in [-0.4, -0.2) is 39.9 Å². The molecule has 2 aliphatic rings. The van der Waals surface area contributed by atoms with Crippen LogP contribution in [0.1, 0.15) is 34.7 Å². The predicted molar refractivity (Wildman–Crippen MR) is 119 cm³/mol. The zero-order valence-electron chi connectivity index (χ0n) is 17.8. The summed E-state index contributed by atoms with van der Waals surface area (Å²) in [4.78, 5) is 23.7. The van der Waals surface area contributed by atoms with Gasteiger partial charge in [0.05, 0.1) is 12.3 Å². The van der Waals surface area contributed by atoms with Crippen molar-refractivity contribution in [3.8, 4) is 11.5 Å². The molecule has 1 unspecified atom stereocenters. The topological polar surface area (TPSA) is 111 Å². The number of carboxylic acids is 1. The van der Waals surface area contributed by atoms with Crippen molar-refractivity contribution in [3.05, 3.63) is 76.5 Å². The molecule has 1 atom stereocenters. The second-order valence-electron chi connectivity index (χ2n) is 7.78. The van der Waals surface area contributed by atoms with Gasteiger partial charge in [0.1, 0.15) is 18.0 Å². The van der Waals surface area contributed by atoms with Crippen LogP contribution in [0.4, 0.5) is 0 Å². The molecule has 0 spiro atoms. The standard InChI is InChI=1S/C24H23N3O5/c1-13-10-17-20-16(8-5-9-18(20)32-23-14(2)6-4-7-15(23)3)22(30)21(27(17)26-11-13)24(31)25-12-19(28)29/h4-9,11,17,30H,1,10,12H2,2-3H3,(H,25,31)(H,28,29). The van der Waals surface area contributed by atoms with Gasteiger partial charge in [0.25, 0.3) is 5.91 Å². The van der Waals surface area contributed by atoms with Crippen LogP contribution in [0.2, 0.25) is 0 Å². The second kappa shape index (κ2) is 8.22. The van der Waals surface area contributed by atoms with E-state index in [1.807, 2.05) is 38.1 Å². The van der Waals surface area contributed by atoms with Gasteiger partial charge in [-0.3, -0.25) is 9.59 Å². The quantitative estimate of drug-likeness (QED) is 0.661. The first-order chi connectivity index (χ1) is 15.3. The average molecular weight is 433 g/mol. The number of fused-ring (bicyclic) bond motifs is 3. The lowest BCUT2D eigenvalue weighted by Crippen LogP contribution is -2.41. The first-order valence-electron chi connectivity index (χ1n) is 10.1. The van der Waals surface area contributed by atoms with Gasteiger partial charge in [-0.25, -0.2) is 5.01 Å². The molecule has 0 radical (unpaired) electrons. The van der Waals surface area contributed by atoms with Crippen LogP contribution in [0, 0.1) is 13.8 Å². The average Bonchev–Trinajstić information content (AvgIpc) is 2.75. The highest BCUT2D eigenvalue weighted by Gasteiger charge is 2.40. The summed E-state index contributed by atoms with van der Waals surface area (Å²) in [7, 11) is 0. The van der Waals surface area contributed by atoms with Crippen LogP contribution in [-0.2, 0) is 9.59 Å². The zero-order valence-corrected chi connectivity index (χ0v) is 17.8. The van der Waals surface area contributed by atoms with Gasteiger partial charge in [-0.1, -0.05) is 36.9 Å². The maximum Gasteiger partial charge on any atom is 0.322 e. The summed E-state index contributed by atoms with van der Waals surface area (Å²) in [6.45, 7) is 7.33. The lowest BCUT2D eigenvalue weighted by molar-refractivity contribution is -0.137. The van der Waals surface area contributed by atoms with Crippen molar-refractivity contribution in [2.75, 3.05) is 6.54 Å². The Hall–Kier alpha value is -4.07. The number of aryl methyl sites for hydroxylation is 2. The van der Waals surface area contributed by atoms with E-state index in [4.69, 9.17) is 9.84 Å². The van der Waals surface area contributed by atoms with E-state index >= 15 is 0 Å². The Balaban J connectivity index is 1.85. The number of para-hydroxylation sites is 1. The molecule has 2 aromatic rings. The predicted octanol–water partition coefficient (Wildman–Crippen LogP) is 3.83. The van der Waals surface area contributed by atoms with Crippen LogP contribution in [0.3, 0.4) is 0 Å². The van der Waals surface area contributed by atoms with Crippen molar-refractivity contribution in [1.82, 2.24) is 10.3 Å². The largest absolute Gasteiger partial charge is 0.505 e. The van der Waals surface area contributed by atoms with Crippen LogP contribution in [0.25, 0.3) is 5.76 Å².